The zero-order valence-electron chi connectivity index (χ0n) is 13.7. The van der Waals surface area contributed by atoms with E-state index in [2.05, 4.69) is 20.9 Å². The van der Waals surface area contributed by atoms with Crippen molar-refractivity contribution in [1.29, 1.82) is 0 Å². The second kappa shape index (κ2) is 7.53. The molecule has 26 heavy (non-hydrogen) atoms. The molecule has 0 amide bonds. The molecule has 0 aliphatic heterocycles. The number of carbonyl (C=O) groups is 2. The lowest BCUT2D eigenvalue weighted by Gasteiger charge is -2.08. The number of aromatic nitrogens is 1. The maximum atomic E-state index is 12.4. The van der Waals surface area contributed by atoms with Gasteiger partial charge in [0, 0.05) is 22.5 Å². The monoisotopic (exact) mass is 415 g/mol. The van der Waals surface area contributed by atoms with Gasteiger partial charge in [-0.2, -0.15) is 0 Å². The molecule has 0 aliphatic rings. The highest BCUT2D eigenvalue weighted by atomic mass is 79.9. The van der Waals surface area contributed by atoms with E-state index in [1.54, 1.807) is 42.5 Å². The molecule has 0 saturated carbocycles. The number of benzene rings is 2. The van der Waals surface area contributed by atoms with Gasteiger partial charge in [-0.3, -0.25) is 9.59 Å². The van der Waals surface area contributed by atoms with Gasteiger partial charge in [0.2, 0.25) is 5.56 Å². The number of hydrogen-bond acceptors (Lipinski definition) is 5. The zero-order valence-corrected chi connectivity index (χ0v) is 15.3. The number of ketones is 1. The molecule has 0 atom stereocenters. The molecule has 2 aromatic carbocycles. The molecule has 0 spiro atoms. The highest BCUT2D eigenvalue weighted by Crippen LogP contribution is 2.25. The molecular formula is C19H14BrNO5. The van der Waals surface area contributed by atoms with Crippen LogP contribution in [0.25, 0.3) is 10.9 Å². The summed E-state index contributed by atoms with van der Waals surface area (Å²) in [6, 6.07) is 12.9. The van der Waals surface area contributed by atoms with E-state index in [-0.39, 0.29) is 11.3 Å². The van der Waals surface area contributed by atoms with E-state index < -0.39 is 18.1 Å². The maximum Gasteiger partial charge on any atom is 0.339 e. The average molecular weight is 416 g/mol. The molecule has 0 unspecified atom stereocenters. The van der Waals surface area contributed by atoms with Crippen LogP contribution < -0.4 is 10.3 Å². The van der Waals surface area contributed by atoms with Crippen LogP contribution in [-0.4, -0.2) is 30.5 Å². The minimum Gasteiger partial charge on any atom is -0.496 e. The number of methoxy groups -OCH3 is 1. The van der Waals surface area contributed by atoms with E-state index in [0.29, 0.717) is 26.7 Å². The topological polar surface area (TPSA) is 85.5 Å². The molecule has 1 aromatic heterocycles. The Bertz CT molecular complexity index is 1060. The van der Waals surface area contributed by atoms with E-state index >= 15 is 0 Å². The van der Waals surface area contributed by atoms with Crippen LogP contribution in [-0.2, 0) is 4.74 Å². The molecule has 3 rings (SSSR count). The Labute approximate surface area is 156 Å². The molecule has 1 heterocycles. The third-order valence-electron chi connectivity index (χ3n) is 3.78. The molecule has 0 radical (unpaired) electrons. The fourth-order valence-electron chi connectivity index (χ4n) is 2.51. The predicted molar refractivity (Wildman–Crippen MR) is 99.9 cm³/mol. The van der Waals surface area contributed by atoms with E-state index in [1.807, 2.05) is 0 Å². The molecular weight excluding hydrogens is 402 g/mol. The largest absolute Gasteiger partial charge is 0.496 e. The Morgan fingerprint density at radius 1 is 1.12 bits per heavy atom. The van der Waals surface area contributed by atoms with Gasteiger partial charge in [-0.15, -0.1) is 0 Å². The fraction of sp³-hybridized carbons (Fsp3) is 0.105. The first-order chi connectivity index (χ1) is 12.5. The number of pyridine rings is 1. The van der Waals surface area contributed by atoms with Crippen molar-refractivity contribution in [3.8, 4) is 5.75 Å². The summed E-state index contributed by atoms with van der Waals surface area (Å²) >= 11 is 3.30. The van der Waals surface area contributed by atoms with E-state index in [1.165, 1.54) is 13.2 Å². The minimum atomic E-state index is -0.728. The zero-order chi connectivity index (χ0) is 18.7. The maximum absolute atomic E-state index is 12.4. The lowest BCUT2D eigenvalue weighted by molar-refractivity contribution is 0.0476. The third kappa shape index (κ3) is 3.67. The second-order valence-electron chi connectivity index (χ2n) is 5.44. The molecule has 0 bridgehead atoms. The van der Waals surface area contributed by atoms with Crippen LogP contribution in [0.2, 0.25) is 0 Å². The van der Waals surface area contributed by atoms with Crippen molar-refractivity contribution in [1.82, 2.24) is 4.98 Å². The van der Waals surface area contributed by atoms with Crippen molar-refractivity contribution in [2.24, 2.45) is 0 Å². The number of esters is 1. The number of hydrogen-bond donors (Lipinski definition) is 1. The molecule has 0 saturated heterocycles. The quantitative estimate of drug-likeness (QED) is 0.510. The number of nitrogens with one attached hydrogen (secondary N) is 1. The van der Waals surface area contributed by atoms with Gasteiger partial charge in [0.15, 0.2) is 12.4 Å². The number of para-hydroxylation sites is 1. The Balaban J connectivity index is 1.78. The van der Waals surface area contributed by atoms with Gasteiger partial charge in [-0.05, 0) is 40.2 Å². The Hall–Kier alpha value is -2.93. The minimum absolute atomic E-state index is 0.119. The van der Waals surface area contributed by atoms with Crippen LogP contribution in [0.15, 0.2) is 57.8 Å². The summed E-state index contributed by atoms with van der Waals surface area (Å²) < 4.78 is 10.9. The molecule has 132 valence electrons. The highest BCUT2D eigenvalue weighted by Gasteiger charge is 2.16. The molecule has 0 aliphatic carbocycles. The average Bonchev–Trinajstić information content (AvgIpc) is 2.65. The third-order valence-corrected chi connectivity index (χ3v) is 4.40. The number of ether oxygens (including phenoxy) is 2. The van der Waals surface area contributed by atoms with Crippen LogP contribution >= 0.6 is 15.9 Å². The molecule has 1 N–H and O–H groups in total. The van der Waals surface area contributed by atoms with Gasteiger partial charge in [-0.25, -0.2) is 4.79 Å². The first kappa shape index (κ1) is 17.9. The number of Topliss-reactive ketones (excluding diaryl/α,β-unsaturated/α-hetero) is 1. The van der Waals surface area contributed by atoms with Crippen LogP contribution in [0.5, 0.6) is 5.75 Å². The fourth-order valence-corrected chi connectivity index (χ4v) is 3.05. The number of fused-ring (bicyclic) bond motifs is 1. The lowest BCUT2D eigenvalue weighted by Crippen LogP contribution is -2.17. The van der Waals surface area contributed by atoms with Crippen LogP contribution in [0.3, 0.4) is 0 Å². The summed E-state index contributed by atoms with van der Waals surface area (Å²) in [6.07, 6.45) is 0. The normalized spacial score (nSPS) is 10.5. The standard InChI is InChI=1S/C19H14BrNO5/c1-25-17-7-6-11(8-14(17)20)16(22)10-26-19(24)13-9-18(23)21-15-5-3-2-4-12(13)15/h2-9H,10H2,1H3,(H,21,23). The molecule has 0 fully saturated rings. The van der Waals surface area contributed by atoms with Crippen molar-refractivity contribution in [2.45, 2.75) is 0 Å². The van der Waals surface area contributed by atoms with Crippen LogP contribution in [0.1, 0.15) is 20.7 Å². The van der Waals surface area contributed by atoms with Crippen molar-refractivity contribution in [3.05, 3.63) is 74.5 Å². The second-order valence-corrected chi connectivity index (χ2v) is 6.30. The summed E-state index contributed by atoms with van der Waals surface area (Å²) in [5, 5.41) is 0.553. The summed E-state index contributed by atoms with van der Waals surface area (Å²) in [4.78, 5) is 39.0. The van der Waals surface area contributed by atoms with Gasteiger partial charge in [0.1, 0.15) is 5.75 Å². The van der Waals surface area contributed by atoms with Gasteiger partial charge in [-0.1, -0.05) is 18.2 Å². The molecule has 7 heteroatoms. The number of carbonyl (C=O) groups excluding carboxylic acids is 2. The summed E-state index contributed by atoms with van der Waals surface area (Å²) in [5.74, 6) is -0.502. The van der Waals surface area contributed by atoms with Crippen LogP contribution in [0.4, 0.5) is 0 Å². The highest BCUT2D eigenvalue weighted by molar-refractivity contribution is 9.10. The van der Waals surface area contributed by atoms with Crippen molar-refractivity contribution in [3.63, 3.8) is 0 Å². The number of H-pyrrole nitrogens is 1. The summed E-state index contributed by atoms with van der Waals surface area (Å²) in [5.41, 5.74) is 0.604. The van der Waals surface area contributed by atoms with Crippen LogP contribution in [0, 0.1) is 0 Å². The van der Waals surface area contributed by atoms with Crippen molar-refractivity contribution in [2.75, 3.05) is 13.7 Å². The SMILES string of the molecule is COc1ccc(C(=O)COC(=O)c2cc(=O)[nH]c3ccccc23)cc1Br. The predicted octanol–water partition coefficient (Wildman–Crippen LogP) is 3.34. The Morgan fingerprint density at radius 3 is 2.62 bits per heavy atom. The number of aromatic amines is 1. The smallest absolute Gasteiger partial charge is 0.339 e. The molecule has 6 nitrogen and oxygen atoms in total. The number of halogens is 1. The Kier molecular flexibility index (Phi) is 5.18. The first-order valence-electron chi connectivity index (χ1n) is 7.65. The lowest BCUT2D eigenvalue weighted by atomic mass is 10.1. The Morgan fingerprint density at radius 2 is 1.88 bits per heavy atom. The van der Waals surface area contributed by atoms with Gasteiger partial charge in [0.25, 0.3) is 0 Å². The van der Waals surface area contributed by atoms with E-state index in [9.17, 15) is 14.4 Å². The van der Waals surface area contributed by atoms with Crippen molar-refractivity contribution < 1.29 is 19.1 Å². The first-order valence-corrected chi connectivity index (χ1v) is 8.45. The van der Waals surface area contributed by atoms with E-state index in [4.69, 9.17) is 9.47 Å². The summed E-state index contributed by atoms with van der Waals surface area (Å²) in [7, 11) is 1.52. The van der Waals surface area contributed by atoms with Crippen molar-refractivity contribution >= 4 is 38.6 Å². The van der Waals surface area contributed by atoms with Gasteiger partial charge >= 0.3 is 5.97 Å². The molecule has 3 aromatic rings. The van der Waals surface area contributed by atoms with E-state index in [0.717, 1.165) is 0 Å². The number of rotatable bonds is 5. The van der Waals surface area contributed by atoms with Gasteiger partial charge in [0.05, 0.1) is 17.1 Å². The summed E-state index contributed by atoms with van der Waals surface area (Å²) in [6.45, 7) is -0.432. The van der Waals surface area contributed by atoms with Gasteiger partial charge < -0.3 is 14.5 Å².